The Balaban J connectivity index is 1.81. The van der Waals surface area contributed by atoms with Crippen LogP contribution in [0.3, 0.4) is 0 Å². The molecule has 0 fully saturated rings. The van der Waals surface area contributed by atoms with Crippen molar-refractivity contribution in [3.63, 3.8) is 0 Å². The summed E-state index contributed by atoms with van der Waals surface area (Å²) in [6.45, 7) is 1.60. The predicted octanol–water partition coefficient (Wildman–Crippen LogP) is 4.83. The number of hydrogen-bond acceptors (Lipinski definition) is 6. The summed E-state index contributed by atoms with van der Waals surface area (Å²) >= 11 is 0. The van der Waals surface area contributed by atoms with Gasteiger partial charge < -0.3 is 9.84 Å². The Hall–Kier alpha value is -4.70. The van der Waals surface area contributed by atoms with E-state index in [-0.39, 0.29) is 22.7 Å². The van der Waals surface area contributed by atoms with Gasteiger partial charge in [0.25, 0.3) is 10.0 Å². The number of ether oxygens (including phenoxy) is 1. The van der Waals surface area contributed by atoms with Crippen molar-refractivity contribution in [2.24, 2.45) is 0 Å². The Morgan fingerprint density at radius 2 is 1.61 bits per heavy atom. The molecule has 5 aromatic rings. The maximum absolute atomic E-state index is 14.2. The molecule has 0 radical (unpaired) electrons. The second-order valence-electron chi connectivity index (χ2n) is 8.53. The highest BCUT2D eigenvalue weighted by Crippen LogP contribution is 2.37. The molecular formula is C28H24N4O5S. The van der Waals surface area contributed by atoms with E-state index in [0.717, 1.165) is 4.31 Å². The van der Waals surface area contributed by atoms with Crippen LogP contribution in [0.5, 0.6) is 5.75 Å². The van der Waals surface area contributed by atoms with Crippen LogP contribution in [0.2, 0.25) is 0 Å². The van der Waals surface area contributed by atoms with Crippen molar-refractivity contribution in [1.29, 1.82) is 0 Å². The minimum Gasteiger partial charge on any atom is -0.497 e. The number of methoxy groups -OCH3 is 1. The minimum atomic E-state index is -4.25. The third-order valence-electron chi connectivity index (χ3n) is 6.14. The van der Waals surface area contributed by atoms with Gasteiger partial charge in [-0.25, -0.2) is 22.9 Å². The van der Waals surface area contributed by atoms with Crippen LogP contribution < -0.4 is 9.04 Å². The number of aryl methyl sites for hydroxylation is 1. The third kappa shape index (κ3) is 4.46. The number of rotatable bonds is 8. The first kappa shape index (κ1) is 25.0. The molecule has 2 aromatic heterocycles. The quantitative estimate of drug-likeness (QED) is 0.307. The van der Waals surface area contributed by atoms with E-state index in [2.05, 4.69) is 10.1 Å². The van der Waals surface area contributed by atoms with E-state index in [9.17, 15) is 18.3 Å². The molecule has 0 aliphatic rings. The van der Waals surface area contributed by atoms with Crippen molar-refractivity contribution in [3.8, 4) is 11.4 Å². The number of nitrogens with zero attached hydrogens (tertiary/aromatic N) is 4. The van der Waals surface area contributed by atoms with Gasteiger partial charge in [-0.05, 0) is 48.9 Å². The Labute approximate surface area is 219 Å². The summed E-state index contributed by atoms with van der Waals surface area (Å²) in [6.07, 6.45) is 1.18. The van der Waals surface area contributed by atoms with Gasteiger partial charge in [-0.15, -0.1) is 0 Å². The Morgan fingerprint density at radius 3 is 2.21 bits per heavy atom. The number of carboxylic acids is 1. The van der Waals surface area contributed by atoms with Crippen molar-refractivity contribution in [3.05, 3.63) is 108 Å². The van der Waals surface area contributed by atoms with Crippen LogP contribution in [0.25, 0.3) is 16.7 Å². The van der Waals surface area contributed by atoms with E-state index in [4.69, 9.17) is 4.74 Å². The minimum absolute atomic E-state index is 0.00172. The predicted molar refractivity (Wildman–Crippen MR) is 143 cm³/mol. The first-order valence-electron chi connectivity index (χ1n) is 11.7. The first-order valence-corrected chi connectivity index (χ1v) is 13.1. The summed E-state index contributed by atoms with van der Waals surface area (Å²) in [5, 5.41) is 15.1. The van der Waals surface area contributed by atoms with Gasteiger partial charge in [-0.1, -0.05) is 48.5 Å². The topological polar surface area (TPSA) is 115 Å². The zero-order valence-electron chi connectivity index (χ0n) is 20.6. The number of carboxylic acid groups (broad SMARTS) is 1. The fourth-order valence-electron chi connectivity index (χ4n) is 4.31. The van der Waals surface area contributed by atoms with Gasteiger partial charge in [0.05, 0.1) is 41.0 Å². The van der Waals surface area contributed by atoms with Crippen LogP contribution in [-0.2, 0) is 16.6 Å². The normalized spacial score (nSPS) is 11.4. The molecule has 0 bridgehead atoms. The number of aromatic nitrogens is 3. The van der Waals surface area contributed by atoms with Crippen LogP contribution in [0, 0.1) is 6.92 Å². The molecule has 9 nitrogen and oxygen atoms in total. The number of fused-ring (bicyclic) bond motifs is 1. The molecule has 38 heavy (non-hydrogen) atoms. The Morgan fingerprint density at radius 1 is 0.974 bits per heavy atom. The maximum atomic E-state index is 14.2. The SMILES string of the molecule is COc1ccc(S(=O)(=O)N(Cc2ccccc2)c2c(C(=O)O)cnc3c2c(C)nn3-c2ccccc2)cc1. The van der Waals surface area contributed by atoms with Gasteiger partial charge in [-0.2, -0.15) is 5.10 Å². The van der Waals surface area contributed by atoms with Gasteiger partial charge in [0.1, 0.15) is 11.3 Å². The molecule has 0 amide bonds. The zero-order valence-corrected chi connectivity index (χ0v) is 21.5. The van der Waals surface area contributed by atoms with Gasteiger partial charge in [0.15, 0.2) is 5.65 Å². The van der Waals surface area contributed by atoms with Gasteiger partial charge in [-0.3, -0.25) is 4.31 Å². The second-order valence-corrected chi connectivity index (χ2v) is 10.4. The van der Waals surface area contributed by atoms with Crippen molar-refractivity contribution in [1.82, 2.24) is 14.8 Å². The molecule has 1 N–H and O–H groups in total. The van der Waals surface area contributed by atoms with E-state index in [0.29, 0.717) is 33.7 Å². The number of benzene rings is 3. The summed E-state index contributed by atoms with van der Waals surface area (Å²) < 4.78 is 36.3. The molecule has 192 valence electrons. The van der Waals surface area contributed by atoms with Crippen LogP contribution in [0.15, 0.2) is 96.0 Å². The molecule has 0 saturated heterocycles. The van der Waals surface area contributed by atoms with Crippen molar-refractivity contribution < 1.29 is 23.1 Å². The lowest BCUT2D eigenvalue weighted by Crippen LogP contribution is -2.32. The Bertz CT molecular complexity index is 1720. The number of aromatic carboxylic acids is 1. The largest absolute Gasteiger partial charge is 0.497 e. The van der Waals surface area contributed by atoms with E-state index >= 15 is 0 Å². The third-order valence-corrected chi connectivity index (χ3v) is 7.90. The molecule has 5 rings (SSSR count). The molecule has 0 aliphatic carbocycles. The summed E-state index contributed by atoms with van der Waals surface area (Å²) in [7, 11) is -2.76. The van der Waals surface area contributed by atoms with Crippen LogP contribution in [0.1, 0.15) is 21.6 Å². The first-order chi connectivity index (χ1) is 18.3. The van der Waals surface area contributed by atoms with Crippen molar-refractivity contribution in [2.45, 2.75) is 18.4 Å². The molecule has 0 spiro atoms. The number of pyridine rings is 1. The Kier molecular flexibility index (Phi) is 6.56. The number of hydrogen-bond donors (Lipinski definition) is 1. The van der Waals surface area contributed by atoms with Gasteiger partial charge >= 0.3 is 5.97 Å². The van der Waals surface area contributed by atoms with Crippen molar-refractivity contribution >= 4 is 32.7 Å². The number of para-hydroxylation sites is 1. The van der Waals surface area contributed by atoms with E-state index < -0.39 is 16.0 Å². The fraction of sp³-hybridized carbons (Fsp3) is 0.107. The number of sulfonamides is 1. The number of carbonyl (C=O) groups is 1. The highest BCUT2D eigenvalue weighted by molar-refractivity contribution is 7.92. The molecule has 10 heteroatoms. The molecule has 0 saturated carbocycles. The smallest absolute Gasteiger partial charge is 0.339 e. The fourth-order valence-corrected chi connectivity index (χ4v) is 5.79. The summed E-state index contributed by atoms with van der Waals surface area (Å²) in [4.78, 5) is 16.9. The average Bonchev–Trinajstić information content (AvgIpc) is 3.28. The van der Waals surface area contributed by atoms with Crippen molar-refractivity contribution in [2.75, 3.05) is 11.4 Å². The monoisotopic (exact) mass is 528 g/mol. The van der Waals surface area contributed by atoms with E-state index in [1.807, 2.05) is 36.4 Å². The molecular weight excluding hydrogens is 504 g/mol. The van der Waals surface area contributed by atoms with Crippen LogP contribution >= 0.6 is 0 Å². The number of anilines is 1. The zero-order chi connectivity index (χ0) is 26.9. The lowest BCUT2D eigenvalue weighted by atomic mass is 10.1. The summed E-state index contributed by atoms with van der Waals surface area (Å²) in [5.74, 6) is -0.805. The molecule has 0 unspecified atom stereocenters. The van der Waals surface area contributed by atoms with Crippen LogP contribution in [0.4, 0.5) is 5.69 Å². The lowest BCUT2D eigenvalue weighted by Gasteiger charge is -2.27. The van der Waals surface area contributed by atoms with E-state index in [1.54, 1.807) is 48.0 Å². The van der Waals surface area contributed by atoms with E-state index in [1.165, 1.54) is 25.4 Å². The lowest BCUT2D eigenvalue weighted by molar-refractivity contribution is 0.0697. The molecule has 3 aromatic carbocycles. The highest BCUT2D eigenvalue weighted by Gasteiger charge is 2.33. The maximum Gasteiger partial charge on any atom is 0.339 e. The molecule has 0 atom stereocenters. The summed E-state index contributed by atoms with van der Waals surface area (Å²) in [6, 6.07) is 24.2. The van der Waals surface area contributed by atoms with Crippen LogP contribution in [-0.4, -0.2) is 41.4 Å². The standard InChI is InChI=1S/C28H24N4O5S/c1-19-25-26(24(28(33)34)17-29-27(25)32(30-19)21-11-7-4-8-12-21)31(18-20-9-5-3-6-10-20)38(35,36)23-15-13-22(37-2)14-16-23/h3-17H,18H2,1-2H3,(H,33,34). The molecule has 2 heterocycles. The van der Waals surface area contributed by atoms with Gasteiger partial charge in [0, 0.05) is 6.20 Å². The molecule has 0 aliphatic heterocycles. The highest BCUT2D eigenvalue weighted by atomic mass is 32.2. The second kappa shape index (κ2) is 9.98. The average molecular weight is 529 g/mol. The summed E-state index contributed by atoms with van der Waals surface area (Å²) in [5.41, 5.74) is 1.93. The van der Waals surface area contributed by atoms with Gasteiger partial charge in [0.2, 0.25) is 0 Å².